The van der Waals surface area contributed by atoms with Crippen LogP contribution in [0.25, 0.3) is 11.1 Å². The number of amides is 3. The van der Waals surface area contributed by atoms with Crippen molar-refractivity contribution in [3.63, 3.8) is 0 Å². The molecule has 3 aromatic rings. The van der Waals surface area contributed by atoms with Gasteiger partial charge in [-0.3, -0.25) is 14.4 Å². The number of hydrogen-bond donors (Lipinski definition) is 4. The van der Waals surface area contributed by atoms with Gasteiger partial charge in [0.25, 0.3) is 0 Å². The summed E-state index contributed by atoms with van der Waals surface area (Å²) in [6.45, 7) is 5.97. The van der Waals surface area contributed by atoms with Crippen LogP contribution in [0.1, 0.15) is 49.5 Å². The summed E-state index contributed by atoms with van der Waals surface area (Å²) < 4.78 is 31.3. The highest BCUT2D eigenvalue weighted by atomic mass is 35.5. The summed E-state index contributed by atoms with van der Waals surface area (Å²) in [6, 6.07) is 10.1. The lowest BCUT2D eigenvalue weighted by atomic mass is 9.68. The first-order valence-corrected chi connectivity index (χ1v) is 13.7. The molecule has 41 heavy (non-hydrogen) atoms. The molecule has 0 unspecified atom stereocenters. The molecule has 1 fully saturated rings. The highest BCUT2D eigenvalue weighted by molar-refractivity contribution is 6.32. The highest BCUT2D eigenvalue weighted by Gasteiger charge is 2.60. The van der Waals surface area contributed by atoms with Crippen LogP contribution in [0.2, 0.25) is 10.0 Å². The van der Waals surface area contributed by atoms with Gasteiger partial charge in [0.1, 0.15) is 11.6 Å². The maximum atomic E-state index is 15.9. The molecule has 214 valence electrons. The van der Waals surface area contributed by atoms with Gasteiger partial charge in [-0.1, -0.05) is 56.1 Å². The first-order valence-electron chi connectivity index (χ1n) is 13.0. The molecule has 11 heteroatoms. The predicted octanol–water partition coefficient (Wildman–Crippen LogP) is 6.03. The zero-order valence-electron chi connectivity index (χ0n) is 22.5. The molecular weight excluding hydrogens is 573 g/mol. The summed E-state index contributed by atoms with van der Waals surface area (Å²) in [5, 5.41) is 8.44. The van der Waals surface area contributed by atoms with E-state index in [-0.39, 0.29) is 49.8 Å². The fourth-order valence-electron chi connectivity index (χ4n) is 5.88. The van der Waals surface area contributed by atoms with E-state index in [2.05, 4.69) is 16.0 Å². The van der Waals surface area contributed by atoms with E-state index in [0.29, 0.717) is 12.1 Å². The van der Waals surface area contributed by atoms with Crippen LogP contribution < -0.4 is 21.7 Å². The number of primary amides is 1. The van der Waals surface area contributed by atoms with Gasteiger partial charge in [0, 0.05) is 39.7 Å². The van der Waals surface area contributed by atoms with Crippen molar-refractivity contribution in [2.45, 2.75) is 51.1 Å². The Morgan fingerprint density at radius 2 is 1.76 bits per heavy atom. The lowest BCUT2D eigenvalue weighted by Gasteiger charge is -2.34. The number of benzene rings is 3. The molecule has 5 rings (SSSR count). The number of anilines is 2. The summed E-state index contributed by atoms with van der Waals surface area (Å²) in [5.41, 5.74) is 4.43. The summed E-state index contributed by atoms with van der Waals surface area (Å²) in [4.78, 5) is 38.8. The Balaban J connectivity index is 1.63. The van der Waals surface area contributed by atoms with E-state index in [9.17, 15) is 14.4 Å². The monoisotopic (exact) mass is 600 g/mol. The summed E-state index contributed by atoms with van der Waals surface area (Å²) in [5.74, 6) is -3.21. The van der Waals surface area contributed by atoms with Gasteiger partial charge in [-0.15, -0.1) is 0 Å². The maximum Gasteiger partial charge on any atom is 0.248 e. The number of halogens is 4. The quantitative estimate of drug-likeness (QED) is 0.286. The van der Waals surface area contributed by atoms with Crippen LogP contribution in [-0.4, -0.2) is 29.8 Å². The van der Waals surface area contributed by atoms with E-state index in [4.69, 9.17) is 28.9 Å². The zero-order chi connectivity index (χ0) is 29.9. The van der Waals surface area contributed by atoms with Crippen molar-refractivity contribution in [1.82, 2.24) is 5.32 Å². The van der Waals surface area contributed by atoms with Gasteiger partial charge in [0.2, 0.25) is 17.7 Å². The number of carbonyl (C=O) groups is 3. The molecule has 3 amide bonds. The number of hydrogen-bond acceptors (Lipinski definition) is 4. The minimum Gasteiger partial charge on any atom is -0.366 e. The van der Waals surface area contributed by atoms with E-state index in [1.165, 1.54) is 36.4 Å². The maximum absolute atomic E-state index is 15.9. The highest BCUT2D eigenvalue weighted by Crippen LogP contribution is 2.55. The molecule has 1 saturated heterocycles. The molecular formula is C30H28Cl2F2N4O3. The largest absolute Gasteiger partial charge is 0.366 e. The van der Waals surface area contributed by atoms with Crippen LogP contribution in [0.4, 0.5) is 20.2 Å². The van der Waals surface area contributed by atoms with Crippen LogP contribution in [0.5, 0.6) is 0 Å². The summed E-state index contributed by atoms with van der Waals surface area (Å²) >= 11 is 12.3. The van der Waals surface area contributed by atoms with Crippen molar-refractivity contribution in [3.8, 4) is 11.1 Å². The molecule has 3 aromatic carbocycles. The van der Waals surface area contributed by atoms with Crippen LogP contribution in [0.3, 0.4) is 0 Å². The van der Waals surface area contributed by atoms with E-state index in [1.807, 2.05) is 20.8 Å². The SMILES string of the molecule is CC(C)(C)C[C@@H]1N[C@@H](C(=O)Nc2ccc(C(N)=O)cc2)C[C@]12C(=O)Nc1cc(Cl)c(F)c(-c3cccc(Cl)c3F)c12. The molecule has 0 aliphatic carbocycles. The van der Waals surface area contributed by atoms with Crippen LogP contribution in [-0.2, 0) is 15.0 Å². The van der Waals surface area contributed by atoms with Crippen LogP contribution in [0.15, 0.2) is 48.5 Å². The lowest BCUT2D eigenvalue weighted by molar-refractivity contribution is -0.121. The summed E-state index contributed by atoms with van der Waals surface area (Å²) in [7, 11) is 0. The minimum absolute atomic E-state index is 0.0337. The van der Waals surface area contributed by atoms with Crippen molar-refractivity contribution in [1.29, 1.82) is 0 Å². The van der Waals surface area contributed by atoms with Gasteiger partial charge in [0.05, 0.1) is 21.5 Å². The third kappa shape index (κ3) is 5.07. The number of fused-ring (bicyclic) bond motifs is 2. The number of nitrogens with one attached hydrogen (secondary N) is 3. The molecule has 1 spiro atoms. The second-order valence-electron chi connectivity index (χ2n) is 11.7. The molecule has 3 atom stereocenters. The van der Waals surface area contributed by atoms with Crippen molar-refractivity contribution >= 4 is 52.3 Å². The predicted molar refractivity (Wildman–Crippen MR) is 155 cm³/mol. The van der Waals surface area contributed by atoms with Gasteiger partial charge in [-0.25, -0.2) is 8.78 Å². The van der Waals surface area contributed by atoms with Gasteiger partial charge in [-0.2, -0.15) is 0 Å². The van der Waals surface area contributed by atoms with Crippen LogP contribution in [0, 0.1) is 17.0 Å². The molecule has 2 aliphatic rings. The third-order valence-corrected chi connectivity index (χ3v) is 8.20. The number of carbonyl (C=O) groups excluding carboxylic acids is 3. The Morgan fingerprint density at radius 3 is 2.39 bits per heavy atom. The Hall–Kier alpha value is -3.53. The summed E-state index contributed by atoms with van der Waals surface area (Å²) in [6.07, 6.45) is 0.396. The average Bonchev–Trinajstić information content (AvgIpc) is 3.39. The molecule has 0 saturated carbocycles. The standard InChI is InChI=1S/C30H28Cl2F2N4O3/c1-29(2,3)13-21-30(12-20(37-21)27(40)36-15-9-7-14(8-10-15)26(35)39)23-19(38-28(30)41)11-18(32)25(34)22(23)16-5-4-6-17(31)24(16)33/h4-11,20-21,37H,12-13H2,1-3H3,(H2,35,39)(H,36,40)(H,38,41)/t20-,21+,30+/m1/s1. The van der Waals surface area contributed by atoms with Crippen molar-refractivity contribution in [2.24, 2.45) is 11.1 Å². The number of rotatable bonds is 5. The second kappa shape index (κ2) is 10.4. The van der Waals surface area contributed by atoms with E-state index < -0.39 is 46.9 Å². The molecule has 2 aliphatic heterocycles. The average molecular weight is 601 g/mol. The molecule has 0 aromatic heterocycles. The second-order valence-corrected chi connectivity index (χ2v) is 12.5. The van der Waals surface area contributed by atoms with Gasteiger partial charge >= 0.3 is 0 Å². The van der Waals surface area contributed by atoms with Gasteiger partial charge in [0.15, 0.2) is 0 Å². The van der Waals surface area contributed by atoms with Crippen molar-refractivity contribution < 1.29 is 23.2 Å². The van der Waals surface area contributed by atoms with Crippen molar-refractivity contribution in [3.05, 3.63) is 81.3 Å². The topological polar surface area (TPSA) is 113 Å². The van der Waals surface area contributed by atoms with Gasteiger partial charge < -0.3 is 21.7 Å². The number of nitrogens with two attached hydrogens (primary N) is 1. The molecule has 2 heterocycles. The van der Waals surface area contributed by atoms with E-state index in [1.54, 1.807) is 12.1 Å². The molecule has 5 N–H and O–H groups in total. The fraction of sp³-hybridized carbons (Fsp3) is 0.300. The minimum atomic E-state index is -1.43. The fourth-order valence-corrected chi connectivity index (χ4v) is 6.26. The normalized spacial score (nSPS) is 21.6. The van der Waals surface area contributed by atoms with E-state index >= 15 is 8.78 Å². The third-order valence-electron chi connectivity index (χ3n) is 7.63. The lowest BCUT2D eigenvalue weighted by Crippen LogP contribution is -2.48. The van der Waals surface area contributed by atoms with E-state index in [0.717, 1.165) is 0 Å². The first-order chi connectivity index (χ1) is 19.2. The molecule has 0 radical (unpaired) electrons. The zero-order valence-corrected chi connectivity index (χ0v) is 24.0. The Labute approximate surface area is 245 Å². The first kappa shape index (κ1) is 29.0. The molecule has 7 nitrogen and oxygen atoms in total. The Bertz CT molecular complexity index is 1590. The Kier molecular flexibility index (Phi) is 7.34. The smallest absolute Gasteiger partial charge is 0.248 e. The van der Waals surface area contributed by atoms with Crippen LogP contribution >= 0.6 is 23.2 Å². The Morgan fingerprint density at radius 1 is 1.07 bits per heavy atom. The molecule has 0 bridgehead atoms. The van der Waals surface area contributed by atoms with Gasteiger partial charge in [-0.05, 0) is 54.7 Å². The van der Waals surface area contributed by atoms with Crippen molar-refractivity contribution in [2.75, 3.05) is 10.6 Å².